The van der Waals surface area contributed by atoms with Crippen LogP contribution in [0.15, 0.2) is 54.6 Å². The third-order valence-electron chi connectivity index (χ3n) is 3.19. The first-order valence-electron chi connectivity index (χ1n) is 6.54. The quantitative estimate of drug-likeness (QED) is 0.452. The van der Waals surface area contributed by atoms with Crippen LogP contribution in [0.4, 0.5) is 13.2 Å². The molecule has 2 nitrogen and oxygen atoms in total. The van der Waals surface area contributed by atoms with Gasteiger partial charge in [-0.3, -0.25) is 0 Å². The predicted octanol–water partition coefficient (Wildman–Crippen LogP) is 5.82. The van der Waals surface area contributed by atoms with Crippen LogP contribution in [-0.2, 0) is 6.18 Å². The average Bonchev–Trinajstić information content (AvgIpc) is 2.93. The number of halogens is 5. The van der Waals surface area contributed by atoms with Gasteiger partial charge in [0.05, 0.1) is 11.4 Å². The van der Waals surface area contributed by atoms with E-state index in [0.29, 0.717) is 22.0 Å². The molecule has 0 unspecified atom stereocenters. The van der Waals surface area contributed by atoms with E-state index in [1.807, 2.05) is 6.07 Å². The summed E-state index contributed by atoms with van der Waals surface area (Å²) < 4.78 is 41.4. The average molecular weight is 449 g/mol. The molecule has 0 aliphatic rings. The Hall–Kier alpha value is -1.54. The zero-order chi connectivity index (χ0) is 16.6. The highest BCUT2D eigenvalue weighted by atomic mass is 127. The summed E-state index contributed by atoms with van der Waals surface area (Å²) in [5.74, 6) is 0. The molecule has 0 N–H and O–H groups in total. The van der Waals surface area contributed by atoms with Gasteiger partial charge in [0.2, 0.25) is 0 Å². The standard InChI is InChI=1S/C16H9ClF3IN2/c17-11-6-4-10(5-7-11)14-9-15(16(18,19)20)22-23(14)13-3-1-2-12(21)8-13/h1-9H. The first-order valence-corrected chi connectivity index (χ1v) is 7.99. The monoisotopic (exact) mass is 448 g/mol. The lowest BCUT2D eigenvalue weighted by Crippen LogP contribution is -2.07. The fourth-order valence-electron chi connectivity index (χ4n) is 2.15. The molecule has 1 aromatic heterocycles. The molecule has 0 bridgehead atoms. The first kappa shape index (κ1) is 16.3. The van der Waals surface area contributed by atoms with Crippen molar-refractivity contribution in [3.8, 4) is 16.9 Å². The normalized spacial score (nSPS) is 11.7. The molecule has 0 radical (unpaired) electrons. The minimum atomic E-state index is -4.51. The first-order chi connectivity index (χ1) is 10.8. The fraction of sp³-hybridized carbons (Fsp3) is 0.0625. The van der Waals surface area contributed by atoms with Gasteiger partial charge in [0.25, 0.3) is 0 Å². The van der Waals surface area contributed by atoms with Crippen LogP contribution < -0.4 is 0 Å². The van der Waals surface area contributed by atoms with Crippen LogP contribution in [-0.4, -0.2) is 9.78 Å². The number of benzene rings is 2. The van der Waals surface area contributed by atoms with E-state index in [2.05, 4.69) is 27.7 Å². The van der Waals surface area contributed by atoms with Gasteiger partial charge >= 0.3 is 6.18 Å². The van der Waals surface area contributed by atoms with Gasteiger partial charge in [-0.05, 0) is 59.0 Å². The molecule has 0 aliphatic heterocycles. The molecule has 0 atom stereocenters. The largest absolute Gasteiger partial charge is 0.435 e. The van der Waals surface area contributed by atoms with Gasteiger partial charge in [0.1, 0.15) is 0 Å². The van der Waals surface area contributed by atoms with E-state index in [1.54, 1.807) is 42.5 Å². The summed E-state index contributed by atoms with van der Waals surface area (Å²) in [5, 5.41) is 4.27. The van der Waals surface area contributed by atoms with Crippen LogP contribution in [0, 0.1) is 3.57 Å². The molecule has 3 aromatic rings. The van der Waals surface area contributed by atoms with E-state index >= 15 is 0 Å². The van der Waals surface area contributed by atoms with Crippen LogP contribution in [0.25, 0.3) is 16.9 Å². The summed E-state index contributed by atoms with van der Waals surface area (Å²) in [4.78, 5) is 0. The minimum absolute atomic E-state index is 0.357. The SMILES string of the molecule is FC(F)(F)c1cc(-c2ccc(Cl)cc2)n(-c2cccc(I)c2)n1. The maximum Gasteiger partial charge on any atom is 0.435 e. The van der Waals surface area contributed by atoms with E-state index in [9.17, 15) is 13.2 Å². The summed E-state index contributed by atoms with van der Waals surface area (Å²) in [6.07, 6.45) is -4.51. The number of rotatable bonds is 2. The van der Waals surface area contributed by atoms with Crippen molar-refractivity contribution >= 4 is 34.2 Å². The lowest BCUT2D eigenvalue weighted by Gasteiger charge is -2.08. The van der Waals surface area contributed by atoms with Crippen molar-refractivity contribution in [2.45, 2.75) is 6.18 Å². The third kappa shape index (κ3) is 3.53. The number of nitrogens with zero attached hydrogens (tertiary/aromatic N) is 2. The molecule has 3 rings (SSSR count). The molecule has 23 heavy (non-hydrogen) atoms. The summed E-state index contributed by atoms with van der Waals surface area (Å²) >= 11 is 7.96. The van der Waals surface area contributed by atoms with Gasteiger partial charge in [-0.25, -0.2) is 4.68 Å². The minimum Gasteiger partial charge on any atom is -0.232 e. The Kier molecular flexibility index (Phi) is 4.37. The van der Waals surface area contributed by atoms with Crippen LogP contribution in [0.3, 0.4) is 0 Å². The Bertz CT molecular complexity index is 841. The van der Waals surface area contributed by atoms with Gasteiger partial charge in [-0.2, -0.15) is 18.3 Å². The summed E-state index contributed by atoms with van der Waals surface area (Å²) in [7, 11) is 0. The highest BCUT2D eigenvalue weighted by Crippen LogP contribution is 2.33. The lowest BCUT2D eigenvalue weighted by atomic mass is 10.1. The Labute approximate surface area is 149 Å². The molecule has 0 saturated heterocycles. The molecule has 0 amide bonds. The molecule has 2 aromatic carbocycles. The number of hydrogen-bond acceptors (Lipinski definition) is 1. The van der Waals surface area contributed by atoms with Gasteiger partial charge in [-0.15, -0.1) is 0 Å². The molecule has 0 aliphatic carbocycles. The maximum atomic E-state index is 13.1. The number of aromatic nitrogens is 2. The Morgan fingerprint density at radius 3 is 2.30 bits per heavy atom. The topological polar surface area (TPSA) is 17.8 Å². The second-order valence-corrected chi connectivity index (χ2v) is 6.49. The second kappa shape index (κ2) is 6.16. The fourth-order valence-corrected chi connectivity index (χ4v) is 2.80. The third-order valence-corrected chi connectivity index (χ3v) is 4.12. The number of hydrogen-bond donors (Lipinski definition) is 0. The highest BCUT2D eigenvalue weighted by Gasteiger charge is 2.35. The number of alkyl halides is 3. The van der Waals surface area contributed by atoms with E-state index < -0.39 is 11.9 Å². The molecule has 0 spiro atoms. The zero-order valence-corrected chi connectivity index (χ0v) is 14.4. The molecule has 0 saturated carbocycles. The van der Waals surface area contributed by atoms with Gasteiger partial charge in [-0.1, -0.05) is 29.8 Å². The van der Waals surface area contributed by atoms with Crippen molar-refractivity contribution < 1.29 is 13.2 Å². The Morgan fingerprint density at radius 2 is 1.70 bits per heavy atom. The van der Waals surface area contributed by atoms with Crippen LogP contribution in [0.1, 0.15) is 5.69 Å². The van der Waals surface area contributed by atoms with Gasteiger partial charge in [0.15, 0.2) is 5.69 Å². The van der Waals surface area contributed by atoms with Gasteiger partial charge in [0, 0.05) is 14.2 Å². The molecular formula is C16H9ClF3IN2. The lowest BCUT2D eigenvalue weighted by molar-refractivity contribution is -0.141. The van der Waals surface area contributed by atoms with Crippen molar-refractivity contribution in [2.75, 3.05) is 0 Å². The summed E-state index contributed by atoms with van der Waals surface area (Å²) in [5.41, 5.74) is 0.603. The van der Waals surface area contributed by atoms with Crippen molar-refractivity contribution in [1.29, 1.82) is 0 Å². The molecule has 118 valence electrons. The molecule has 1 heterocycles. The second-order valence-electron chi connectivity index (χ2n) is 4.81. The van der Waals surface area contributed by atoms with Crippen molar-refractivity contribution in [2.24, 2.45) is 0 Å². The smallest absolute Gasteiger partial charge is 0.232 e. The summed E-state index contributed by atoms with van der Waals surface area (Å²) in [6.45, 7) is 0. The van der Waals surface area contributed by atoms with Crippen LogP contribution >= 0.6 is 34.2 Å². The van der Waals surface area contributed by atoms with Crippen LogP contribution in [0.2, 0.25) is 5.02 Å². The van der Waals surface area contributed by atoms with Gasteiger partial charge < -0.3 is 0 Å². The van der Waals surface area contributed by atoms with E-state index in [0.717, 1.165) is 9.64 Å². The van der Waals surface area contributed by atoms with Crippen molar-refractivity contribution in [3.63, 3.8) is 0 Å². The maximum absolute atomic E-state index is 13.1. The highest BCUT2D eigenvalue weighted by molar-refractivity contribution is 14.1. The van der Waals surface area contributed by atoms with Crippen LogP contribution in [0.5, 0.6) is 0 Å². The molecule has 7 heteroatoms. The van der Waals surface area contributed by atoms with E-state index in [4.69, 9.17) is 11.6 Å². The van der Waals surface area contributed by atoms with E-state index in [-0.39, 0.29) is 0 Å². The predicted molar refractivity (Wildman–Crippen MR) is 91.7 cm³/mol. The van der Waals surface area contributed by atoms with Crippen molar-refractivity contribution in [1.82, 2.24) is 9.78 Å². The Balaban J connectivity index is 2.21. The zero-order valence-electron chi connectivity index (χ0n) is 11.5. The Morgan fingerprint density at radius 1 is 1.00 bits per heavy atom. The van der Waals surface area contributed by atoms with Crippen molar-refractivity contribution in [3.05, 3.63) is 68.9 Å². The van der Waals surface area contributed by atoms with E-state index in [1.165, 1.54) is 4.68 Å². The molecule has 0 fully saturated rings. The summed E-state index contributed by atoms with van der Waals surface area (Å²) in [6, 6.07) is 14.8. The molecular weight excluding hydrogens is 440 g/mol.